The summed E-state index contributed by atoms with van der Waals surface area (Å²) in [5.74, 6) is -0.688. The Labute approximate surface area is 147 Å². The van der Waals surface area contributed by atoms with E-state index in [4.69, 9.17) is 16.3 Å². The molecule has 2 rings (SSSR count). The molecular formula is C17H24ClN3O3. The van der Waals surface area contributed by atoms with Crippen LogP contribution in [0.4, 0.5) is 0 Å². The van der Waals surface area contributed by atoms with Crippen molar-refractivity contribution in [2.24, 2.45) is 7.05 Å². The Balaban J connectivity index is 1.88. The van der Waals surface area contributed by atoms with Gasteiger partial charge in [-0.3, -0.25) is 9.48 Å². The van der Waals surface area contributed by atoms with E-state index in [-0.39, 0.29) is 18.6 Å². The molecule has 0 saturated carbocycles. The first kappa shape index (κ1) is 18.5. The summed E-state index contributed by atoms with van der Waals surface area (Å²) in [4.78, 5) is 25.9. The van der Waals surface area contributed by atoms with Gasteiger partial charge in [0.05, 0.1) is 5.69 Å². The highest BCUT2D eigenvalue weighted by Gasteiger charge is 2.25. The standard InChI is InChI=1S/C17H24ClN3O3/c1-4-13-7-5-6-10-21(13)15(22)11-24-16(23)9-8-14-12(2)19-20(3)17(14)18/h8-9,13H,4-7,10-11H2,1-3H3/b9-8+. The molecule has 0 radical (unpaired) electrons. The number of likely N-dealkylation sites (tertiary alicyclic amines) is 1. The first-order valence-electron chi connectivity index (χ1n) is 8.27. The van der Waals surface area contributed by atoms with Crippen molar-refractivity contribution >= 4 is 29.6 Å². The summed E-state index contributed by atoms with van der Waals surface area (Å²) in [6.45, 7) is 4.40. The zero-order valence-corrected chi connectivity index (χ0v) is 15.2. The van der Waals surface area contributed by atoms with Crippen LogP contribution in [-0.2, 0) is 21.4 Å². The van der Waals surface area contributed by atoms with Crippen molar-refractivity contribution in [1.29, 1.82) is 0 Å². The molecule has 1 unspecified atom stereocenters. The third-order valence-electron chi connectivity index (χ3n) is 4.34. The van der Waals surface area contributed by atoms with Crippen LogP contribution < -0.4 is 0 Å². The molecule has 1 amide bonds. The summed E-state index contributed by atoms with van der Waals surface area (Å²) in [5.41, 5.74) is 1.39. The molecule has 7 heteroatoms. The zero-order chi connectivity index (χ0) is 17.7. The van der Waals surface area contributed by atoms with Crippen LogP contribution >= 0.6 is 11.6 Å². The number of carbonyl (C=O) groups excluding carboxylic acids is 2. The van der Waals surface area contributed by atoms with Gasteiger partial charge in [-0.2, -0.15) is 5.10 Å². The number of amides is 1. The van der Waals surface area contributed by atoms with Crippen LogP contribution in [0.25, 0.3) is 6.08 Å². The van der Waals surface area contributed by atoms with E-state index in [1.54, 1.807) is 13.1 Å². The van der Waals surface area contributed by atoms with Crippen LogP contribution in [0.5, 0.6) is 0 Å². The lowest BCUT2D eigenvalue weighted by molar-refractivity contribution is -0.150. The Kier molecular flexibility index (Phi) is 6.43. The molecule has 0 aromatic carbocycles. The SMILES string of the molecule is CCC1CCCCN1C(=O)COC(=O)/C=C/c1c(C)nn(C)c1Cl. The number of aromatic nitrogens is 2. The minimum absolute atomic E-state index is 0.126. The van der Waals surface area contributed by atoms with Crippen molar-refractivity contribution in [2.45, 2.75) is 45.6 Å². The monoisotopic (exact) mass is 353 g/mol. The molecule has 1 fully saturated rings. The maximum absolute atomic E-state index is 12.2. The number of hydrogen-bond donors (Lipinski definition) is 0. The molecule has 0 aliphatic carbocycles. The van der Waals surface area contributed by atoms with Gasteiger partial charge in [0.1, 0.15) is 5.15 Å². The number of esters is 1. The van der Waals surface area contributed by atoms with Crippen LogP contribution in [-0.4, -0.2) is 45.8 Å². The van der Waals surface area contributed by atoms with Gasteiger partial charge in [-0.25, -0.2) is 4.79 Å². The topological polar surface area (TPSA) is 64.4 Å². The Bertz CT molecular complexity index is 639. The highest BCUT2D eigenvalue weighted by Crippen LogP contribution is 2.21. The van der Waals surface area contributed by atoms with Crippen molar-refractivity contribution < 1.29 is 14.3 Å². The van der Waals surface area contributed by atoms with Crippen molar-refractivity contribution in [2.75, 3.05) is 13.2 Å². The summed E-state index contributed by atoms with van der Waals surface area (Å²) in [5, 5.41) is 4.61. The average Bonchev–Trinajstić information content (AvgIpc) is 2.83. The summed E-state index contributed by atoms with van der Waals surface area (Å²) in [7, 11) is 1.73. The number of ether oxygens (including phenoxy) is 1. The molecule has 132 valence electrons. The van der Waals surface area contributed by atoms with Crippen LogP contribution in [0.1, 0.15) is 43.9 Å². The van der Waals surface area contributed by atoms with E-state index < -0.39 is 5.97 Å². The van der Waals surface area contributed by atoms with Crippen molar-refractivity contribution in [3.63, 3.8) is 0 Å². The molecule has 2 heterocycles. The number of hydrogen-bond acceptors (Lipinski definition) is 4. The second kappa shape index (κ2) is 8.33. The van der Waals surface area contributed by atoms with Gasteiger partial charge in [0.15, 0.2) is 6.61 Å². The van der Waals surface area contributed by atoms with Gasteiger partial charge in [0.25, 0.3) is 5.91 Å². The van der Waals surface area contributed by atoms with E-state index in [0.29, 0.717) is 10.7 Å². The first-order chi connectivity index (χ1) is 11.4. The fourth-order valence-corrected chi connectivity index (χ4v) is 3.24. The minimum atomic E-state index is -0.562. The quantitative estimate of drug-likeness (QED) is 0.603. The highest BCUT2D eigenvalue weighted by atomic mass is 35.5. The molecule has 1 saturated heterocycles. The summed E-state index contributed by atoms with van der Waals surface area (Å²) >= 11 is 6.09. The molecule has 1 aliphatic rings. The van der Waals surface area contributed by atoms with E-state index >= 15 is 0 Å². The molecule has 24 heavy (non-hydrogen) atoms. The number of aryl methyl sites for hydroxylation is 2. The number of piperidine rings is 1. The molecule has 0 spiro atoms. The minimum Gasteiger partial charge on any atom is -0.452 e. The van der Waals surface area contributed by atoms with Gasteiger partial charge in [0.2, 0.25) is 0 Å². The van der Waals surface area contributed by atoms with Crippen molar-refractivity contribution in [3.8, 4) is 0 Å². The third kappa shape index (κ3) is 4.38. The van der Waals surface area contributed by atoms with Gasteiger partial charge in [0, 0.05) is 31.3 Å². The normalized spacial score (nSPS) is 18.2. The molecule has 6 nitrogen and oxygen atoms in total. The van der Waals surface area contributed by atoms with E-state index in [9.17, 15) is 9.59 Å². The zero-order valence-electron chi connectivity index (χ0n) is 14.4. The van der Waals surface area contributed by atoms with Gasteiger partial charge in [-0.15, -0.1) is 0 Å². The lowest BCUT2D eigenvalue weighted by atomic mass is 10.00. The van der Waals surface area contributed by atoms with Crippen LogP contribution in [0.15, 0.2) is 6.08 Å². The molecule has 1 aliphatic heterocycles. The smallest absolute Gasteiger partial charge is 0.331 e. The predicted octanol–water partition coefficient (Wildman–Crippen LogP) is 2.73. The Morgan fingerprint density at radius 1 is 1.42 bits per heavy atom. The second-order valence-electron chi connectivity index (χ2n) is 6.00. The Morgan fingerprint density at radius 2 is 2.17 bits per heavy atom. The molecule has 1 aromatic heterocycles. The predicted molar refractivity (Wildman–Crippen MR) is 92.6 cm³/mol. The number of nitrogens with zero attached hydrogens (tertiary/aromatic N) is 3. The Hall–Kier alpha value is -1.82. The van der Waals surface area contributed by atoms with E-state index in [0.717, 1.165) is 37.9 Å². The lowest BCUT2D eigenvalue weighted by Crippen LogP contribution is -2.45. The largest absolute Gasteiger partial charge is 0.452 e. The van der Waals surface area contributed by atoms with Gasteiger partial charge in [-0.1, -0.05) is 18.5 Å². The molecule has 1 atom stereocenters. The molecule has 1 aromatic rings. The number of carbonyl (C=O) groups is 2. The number of rotatable bonds is 5. The summed E-state index contributed by atoms with van der Waals surface area (Å²) in [6, 6.07) is 0.261. The van der Waals surface area contributed by atoms with Crippen LogP contribution in [0.3, 0.4) is 0 Å². The van der Waals surface area contributed by atoms with Gasteiger partial charge in [-0.05, 0) is 38.7 Å². The van der Waals surface area contributed by atoms with E-state index in [1.165, 1.54) is 10.8 Å². The second-order valence-corrected chi connectivity index (χ2v) is 6.36. The maximum Gasteiger partial charge on any atom is 0.331 e. The van der Waals surface area contributed by atoms with Crippen molar-refractivity contribution in [1.82, 2.24) is 14.7 Å². The highest BCUT2D eigenvalue weighted by molar-refractivity contribution is 6.31. The molecular weight excluding hydrogens is 330 g/mol. The lowest BCUT2D eigenvalue weighted by Gasteiger charge is -2.35. The summed E-state index contributed by atoms with van der Waals surface area (Å²) < 4.78 is 6.61. The van der Waals surface area contributed by atoms with Gasteiger partial charge < -0.3 is 9.64 Å². The van der Waals surface area contributed by atoms with Crippen molar-refractivity contribution in [3.05, 3.63) is 22.5 Å². The first-order valence-corrected chi connectivity index (χ1v) is 8.65. The fourth-order valence-electron chi connectivity index (χ4n) is 3.00. The average molecular weight is 354 g/mol. The molecule has 0 N–H and O–H groups in total. The maximum atomic E-state index is 12.2. The van der Waals surface area contributed by atoms with Crippen LogP contribution in [0.2, 0.25) is 5.15 Å². The van der Waals surface area contributed by atoms with Crippen LogP contribution in [0, 0.1) is 6.92 Å². The van der Waals surface area contributed by atoms with E-state index in [2.05, 4.69) is 12.0 Å². The molecule has 0 bridgehead atoms. The van der Waals surface area contributed by atoms with E-state index in [1.807, 2.05) is 11.8 Å². The fraction of sp³-hybridized carbons (Fsp3) is 0.588. The number of halogens is 1. The van der Waals surface area contributed by atoms with Gasteiger partial charge >= 0.3 is 5.97 Å². The summed E-state index contributed by atoms with van der Waals surface area (Å²) in [6.07, 6.45) is 6.95. The third-order valence-corrected chi connectivity index (χ3v) is 4.79. The Morgan fingerprint density at radius 3 is 2.79 bits per heavy atom.